The Morgan fingerprint density at radius 3 is 3.11 bits per heavy atom. The number of carbonyl (C=O) groups excluding carboxylic acids is 1. The lowest BCUT2D eigenvalue weighted by atomic mass is 10.1. The summed E-state index contributed by atoms with van der Waals surface area (Å²) in [5, 5.41) is 12.1. The van der Waals surface area contributed by atoms with E-state index in [1.165, 1.54) is 0 Å². The molecule has 2 aromatic heterocycles. The summed E-state index contributed by atoms with van der Waals surface area (Å²) >= 11 is 1.08. The molecule has 0 fully saturated rings. The number of fused-ring (bicyclic) bond motifs is 1. The zero-order chi connectivity index (χ0) is 13.2. The Morgan fingerprint density at radius 1 is 1.42 bits per heavy atom. The molecule has 0 bridgehead atoms. The number of H-pyrrole nitrogens is 2. The van der Waals surface area contributed by atoms with Crippen LogP contribution in [0.1, 0.15) is 16.1 Å². The Bertz CT molecular complexity index is 786. The third-order valence-electron chi connectivity index (χ3n) is 2.71. The first-order chi connectivity index (χ1) is 9.22. The second-order valence-electron chi connectivity index (χ2n) is 4.03. The highest BCUT2D eigenvalue weighted by Gasteiger charge is 2.07. The molecule has 2 heterocycles. The summed E-state index contributed by atoms with van der Waals surface area (Å²) in [7, 11) is 0. The first kappa shape index (κ1) is 11.7. The van der Waals surface area contributed by atoms with E-state index < -0.39 is 0 Å². The lowest BCUT2D eigenvalue weighted by Crippen LogP contribution is -2.23. The van der Waals surface area contributed by atoms with Crippen molar-refractivity contribution in [2.75, 3.05) is 0 Å². The minimum Gasteiger partial charge on any atom is -0.346 e. The van der Waals surface area contributed by atoms with Gasteiger partial charge in [-0.3, -0.25) is 14.7 Å². The maximum atomic E-state index is 12.0. The number of hydrogen-bond acceptors (Lipinski definition) is 4. The molecule has 3 aromatic rings. The molecule has 1 aromatic carbocycles. The average Bonchev–Trinajstić information content (AvgIpc) is 3.03. The fraction of sp³-hybridized carbons (Fsp3) is 0.0833. The van der Waals surface area contributed by atoms with E-state index in [1.54, 1.807) is 23.7 Å². The van der Waals surface area contributed by atoms with Crippen LogP contribution in [0.4, 0.5) is 0 Å². The molecule has 0 saturated carbocycles. The molecule has 0 aliphatic heterocycles. The van der Waals surface area contributed by atoms with Crippen LogP contribution in [-0.4, -0.2) is 21.1 Å². The van der Waals surface area contributed by atoms with Crippen molar-refractivity contribution in [2.45, 2.75) is 6.54 Å². The minimum atomic E-state index is -0.191. The Hall–Kier alpha value is -2.41. The molecule has 0 saturated heterocycles. The predicted molar refractivity (Wildman–Crippen MR) is 72.2 cm³/mol. The molecule has 0 radical (unpaired) electrons. The van der Waals surface area contributed by atoms with Crippen molar-refractivity contribution in [1.29, 1.82) is 0 Å². The van der Waals surface area contributed by atoms with E-state index in [4.69, 9.17) is 0 Å². The highest BCUT2D eigenvalue weighted by Crippen LogP contribution is 2.12. The van der Waals surface area contributed by atoms with E-state index in [-0.39, 0.29) is 10.8 Å². The molecule has 0 aliphatic carbocycles. The summed E-state index contributed by atoms with van der Waals surface area (Å²) in [6.45, 7) is 0.304. The van der Waals surface area contributed by atoms with Gasteiger partial charge in [-0.05, 0) is 12.1 Å². The Kier molecular flexibility index (Phi) is 2.88. The molecule has 0 spiro atoms. The maximum Gasteiger partial charge on any atom is 0.304 e. The highest BCUT2D eigenvalue weighted by atomic mass is 32.1. The van der Waals surface area contributed by atoms with Crippen molar-refractivity contribution in [3.05, 3.63) is 50.7 Å². The van der Waals surface area contributed by atoms with Crippen LogP contribution in [0.15, 0.2) is 34.6 Å². The van der Waals surface area contributed by atoms with E-state index in [1.807, 2.05) is 6.07 Å². The van der Waals surface area contributed by atoms with E-state index in [2.05, 4.69) is 20.5 Å². The van der Waals surface area contributed by atoms with Crippen molar-refractivity contribution in [3.63, 3.8) is 0 Å². The van der Waals surface area contributed by atoms with Crippen LogP contribution in [-0.2, 0) is 6.54 Å². The van der Waals surface area contributed by atoms with E-state index in [0.717, 1.165) is 22.2 Å². The molecule has 0 unspecified atom stereocenters. The van der Waals surface area contributed by atoms with E-state index >= 15 is 0 Å². The third kappa shape index (κ3) is 2.41. The number of nitrogens with zero attached hydrogens (tertiary/aromatic N) is 1. The number of amides is 1. The number of aromatic amines is 2. The standard InChI is InChI=1S/C12H10N4O2S/c17-11(13-5-9-6-19-12(18)15-9)7-1-2-8-4-14-16-10(8)3-7/h1-4,6H,5H2,(H,13,17)(H,14,16)(H,15,18). The highest BCUT2D eigenvalue weighted by molar-refractivity contribution is 7.07. The Balaban J connectivity index is 1.74. The molecular formula is C12H10N4O2S. The number of carbonyl (C=O) groups is 1. The van der Waals surface area contributed by atoms with Gasteiger partial charge in [0.2, 0.25) is 0 Å². The fourth-order valence-corrected chi connectivity index (χ4v) is 2.34. The number of rotatable bonds is 3. The normalized spacial score (nSPS) is 10.7. The first-order valence-electron chi connectivity index (χ1n) is 5.60. The molecule has 6 nitrogen and oxygen atoms in total. The van der Waals surface area contributed by atoms with Gasteiger partial charge in [-0.15, -0.1) is 0 Å². The SMILES string of the molecule is O=C(NCc1csc(=O)[nH]1)c1ccc2cn[nH]c2c1. The second-order valence-corrected chi connectivity index (χ2v) is 4.87. The Morgan fingerprint density at radius 2 is 2.32 bits per heavy atom. The van der Waals surface area contributed by atoms with E-state index in [9.17, 15) is 9.59 Å². The molecule has 0 aliphatic rings. The summed E-state index contributed by atoms with van der Waals surface area (Å²) in [5.41, 5.74) is 2.07. The molecule has 1 amide bonds. The van der Waals surface area contributed by atoms with Gasteiger partial charge in [0.15, 0.2) is 0 Å². The zero-order valence-electron chi connectivity index (χ0n) is 9.77. The van der Waals surface area contributed by atoms with Gasteiger partial charge in [0, 0.05) is 22.0 Å². The number of hydrogen-bond donors (Lipinski definition) is 3. The van der Waals surface area contributed by atoms with Crippen LogP contribution in [0.25, 0.3) is 10.9 Å². The van der Waals surface area contributed by atoms with Crippen LogP contribution in [0, 0.1) is 0 Å². The summed E-state index contributed by atoms with van der Waals surface area (Å²) in [6.07, 6.45) is 1.70. The van der Waals surface area contributed by atoms with Crippen molar-refractivity contribution in [1.82, 2.24) is 20.5 Å². The Labute approximate surface area is 111 Å². The average molecular weight is 274 g/mol. The molecule has 3 N–H and O–H groups in total. The van der Waals surface area contributed by atoms with Gasteiger partial charge < -0.3 is 10.3 Å². The fourth-order valence-electron chi connectivity index (χ4n) is 1.76. The van der Waals surface area contributed by atoms with Crippen molar-refractivity contribution >= 4 is 28.1 Å². The largest absolute Gasteiger partial charge is 0.346 e. The zero-order valence-corrected chi connectivity index (χ0v) is 10.6. The topological polar surface area (TPSA) is 90.6 Å². The number of nitrogens with one attached hydrogen (secondary N) is 3. The van der Waals surface area contributed by atoms with Gasteiger partial charge in [0.05, 0.1) is 18.3 Å². The molecule has 3 rings (SSSR count). The van der Waals surface area contributed by atoms with E-state index in [0.29, 0.717) is 17.8 Å². The number of benzene rings is 1. The van der Waals surface area contributed by atoms with Gasteiger partial charge in [0.1, 0.15) is 0 Å². The lowest BCUT2D eigenvalue weighted by Gasteiger charge is -2.03. The molecule has 19 heavy (non-hydrogen) atoms. The summed E-state index contributed by atoms with van der Waals surface area (Å²) < 4.78 is 0. The van der Waals surface area contributed by atoms with Gasteiger partial charge in [-0.25, -0.2) is 0 Å². The van der Waals surface area contributed by atoms with Gasteiger partial charge >= 0.3 is 4.87 Å². The molecule has 0 atom stereocenters. The summed E-state index contributed by atoms with van der Waals surface area (Å²) in [5.74, 6) is -0.191. The molecular weight excluding hydrogens is 264 g/mol. The van der Waals surface area contributed by atoms with Crippen molar-refractivity contribution in [2.24, 2.45) is 0 Å². The summed E-state index contributed by atoms with van der Waals surface area (Å²) in [6, 6.07) is 5.32. The number of aromatic nitrogens is 3. The maximum absolute atomic E-state index is 12.0. The molecule has 96 valence electrons. The first-order valence-corrected chi connectivity index (χ1v) is 6.48. The second kappa shape index (κ2) is 4.69. The van der Waals surface area contributed by atoms with Gasteiger partial charge in [-0.1, -0.05) is 17.4 Å². The van der Waals surface area contributed by atoms with Crippen LogP contribution >= 0.6 is 11.3 Å². The van der Waals surface area contributed by atoms with Crippen LogP contribution in [0.3, 0.4) is 0 Å². The molecule has 7 heteroatoms. The predicted octanol–water partition coefficient (Wildman–Crippen LogP) is 1.24. The summed E-state index contributed by atoms with van der Waals surface area (Å²) in [4.78, 5) is 25.4. The van der Waals surface area contributed by atoms with Gasteiger partial charge in [-0.2, -0.15) is 5.10 Å². The van der Waals surface area contributed by atoms with Crippen molar-refractivity contribution in [3.8, 4) is 0 Å². The number of thiazole rings is 1. The minimum absolute atomic E-state index is 0.122. The van der Waals surface area contributed by atoms with Crippen LogP contribution < -0.4 is 10.2 Å². The monoisotopic (exact) mass is 274 g/mol. The lowest BCUT2D eigenvalue weighted by molar-refractivity contribution is 0.0950. The quantitative estimate of drug-likeness (QED) is 0.671. The van der Waals surface area contributed by atoms with Gasteiger partial charge in [0.25, 0.3) is 5.91 Å². The smallest absolute Gasteiger partial charge is 0.304 e. The van der Waals surface area contributed by atoms with Crippen molar-refractivity contribution < 1.29 is 4.79 Å². The van der Waals surface area contributed by atoms with Crippen LogP contribution in [0.2, 0.25) is 0 Å². The van der Waals surface area contributed by atoms with Crippen LogP contribution in [0.5, 0.6) is 0 Å². The third-order valence-corrected chi connectivity index (χ3v) is 3.43.